The van der Waals surface area contributed by atoms with Crippen LogP contribution < -0.4 is 0 Å². The summed E-state index contributed by atoms with van der Waals surface area (Å²) in [5, 5.41) is 1.48. The molecule has 2 aromatic carbocycles. The highest BCUT2D eigenvalue weighted by atomic mass is 16.5. The number of rotatable bonds is 3. The number of carbonyl (C=O) groups excluding carboxylic acids is 3. The maximum atomic E-state index is 12.9. The van der Waals surface area contributed by atoms with Crippen molar-refractivity contribution in [1.29, 1.82) is 0 Å². The van der Waals surface area contributed by atoms with Gasteiger partial charge in [0, 0.05) is 16.5 Å². The van der Waals surface area contributed by atoms with Crippen LogP contribution in [0.2, 0.25) is 0 Å². The summed E-state index contributed by atoms with van der Waals surface area (Å²) >= 11 is 0. The van der Waals surface area contributed by atoms with Gasteiger partial charge in [-0.05, 0) is 23.4 Å². The standard InChI is InChI=1S/C18H17NO4/c1-10(2)15(18(22)23-3)19-16(20)12-8-4-6-11-7-5-9-13(14(11)12)17(19)21/h4-10,15H,1-3H3. The Bertz CT molecular complexity index is 774. The lowest BCUT2D eigenvalue weighted by molar-refractivity contribution is -0.146. The van der Waals surface area contributed by atoms with Gasteiger partial charge in [-0.1, -0.05) is 38.1 Å². The molecule has 0 N–H and O–H groups in total. The molecule has 0 bridgehead atoms. The minimum atomic E-state index is -0.941. The van der Waals surface area contributed by atoms with Gasteiger partial charge in [-0.3, -0.25) is 14.5 Å². The zero-order chi connectivity index (χ0) is 16.7. The van der Waals surface area contributed by atoms with Crippen molar-refractivity contribution in [2.24, 2.45) is 5.92 Å². The van der Waals surface area contributed by atoms with Crippen molar-refractivity contribution in [3.63, 3.8) is 0 Å². The first kappa shape index (κ1) is 15.2. The molecule has 0 aliphatic carbocycles. The second kappa shape index (κ2) is 5.50. The van der Waals surface area contributed by atoms with E-state index in [1.54, 1.807) is 38.1 Å². The smallest absolute Gasteiger partial charge is 0.329 e. The number of esters is 1. The van der Waals surface area contributed by atoms with E-state index >= 15 is 0 Å². The van der Waals surface area contributed by atoms with Crippen LogP contribution in [0.5, 0.6) is 0 Å². The average Bonchev–Trinajstić information content (AvgIpc) is 2.55. The summed E-state index contributed by atoms with van der Waals surface area (Å²) in [6.07, 6.45) is 0. The molecular formula is C18H17NO4. The fourth-order valence-corrected chi connectivity index (χ4v) is 3.10. The van der Waals surface area contributed by atoms with Gasteiger partial charge in [0.25, 0.3) is 11.8 Å². The number of imide groups is 1. The molecule has 1 aliphatic rings. The molecular weight excluding hydrogens is 294 g/mol. The molecule has 2 amide bonds. The lowest BCUT2D eigenvalue weighted by atomic mass is 9.91. The molecule has 5 heteroatoms. The molecule has 0 spiro atoms. The fraction of sp³-hybridized carbons (Fsp3) is 0.278. The molecule has 23 heavy (non-hydrogen) atoms. The molecule has 0 radical (unpaired) electrons. The zero-order valence-electron chi connectivity index (χ0n) is 13.2. The molecule has 1 atom stereocenters. The first-order valence-corrected chi connectivity index (χ1v) is 7.44. The number of benzene rings is 2. The lowest BCUT2D eigenvalue weighted by Crippen LogP contribution is -2.53. The van der Waals surface area contributed by atoms with Gasteiger partial charge < -0.3 is 4.74 Å². The van der Waals surface area contributed by atoms with E-state index in [1.807, 2.05) is 12.1 Å². The summed E-state index contributed by atoms with van der Waals surface area (Å²) < 4.78 is 4.80. The van der Waals surface area contributed by atoms with Crippen LogP contribution in [-0.2, 0) is 9.53 Å². The normalized spacial score (nSPS) is 15.2. The van der Waals surface area contributed by atoms with Crippen molar-refractivity contribution in [3.8, 4) is 0 Å². The summed E-state index contributed by atoms with van der Waals surface area (Å²) in [5.74, 6) is -1.75. The average molecular weight is 311 g/mol. The van der Waals surface area contributed by atoms with Gasteiger partial charge in [0.05, 0.1) is 7.11 Å². The van der Waals surface area contributed by atoms with E-state index in [-0.39, 0.29) is 5.92 Å². The fourth-order valence-electron chi connectivity index (χ4n) is 3.10. The zero-order valence-corrected chi connectivity index (χ0v) is 13.2. The van der Waals surface area contributed by atoms with Gasteiger partial charge in [-0.25, -0.2) is 4.79 Å². The van der Waals surface area contributed by atoms with Crippen molar-refractivity contribution < 1.29 is 19.1 Å². The van der Waals surface area contributed by atoms with E-state index in [0.717, 1.165) is 10.3 Å². The lowest BCUT2D eigenvalue weighted by Gasteiger charge is -2.34. The topological polar surface area (TPSA) is 63.7 Å². The molecule has 0 aromatic heterocycles. The molecule has 2 aromatic rings. The maximum Gasteiger partial charge on any atom is 0.329 e. The van der Waals surface area contributed by atoms with E-state index in [1.165, 1.54) is 7.11 Å². The summed E-state index contributed by atoms with van der Waals surface area (Å²) in [7, 11) is 1.26. The molecule has 118 valence electrons. The number of hydrogen-bond acceptors (Lipinski definition) is 4. The van der Waals surface area contributed by atoms with Crippen LogP contribution in [-0.4, -0.2) is 35.8 Å². The molecule has 0 saturated heterocycles. The van der Waals surface area contributed by atoms with E-state index in [9.17, 15) is 14.4 Å². The highest BCUT2D eigenvalue weighted by Crippen LogP contribution is 2.32. The van der Waals surface area contributed by atoms with Crippen molar-refractivity contribution in [1.82, 2.24) is 4.90 Å². The van der Waals surface area contributed by atoms with E-state index in [0.29, 0.717) is 16.5 Å². The monoisotopic (exact) mass is 311 g/mol. The summed E-state index contributed by atoms with van der Waals surface area (Å²) in [6.45, 7) is 3.56. The molecule has 1 unspecified atom stereocenters. The van der Waals surface area contributed by atoms with Crippen molar-refractivity contribution in [2.45, 2.75) is 19.9 Å². The maximum absolute atomic E-state index is 12.9. The Balaban J connectivity index is 2.22. The molecule has 0 fully saturated rings. The molecule has 3 rings (SSSR count). The van der Waals surface area contributed by atoms with Gasteiger partial charge in [-0.15, -0.1) is 0 Å². The number of amides is 2. The van der Waals surface area contributed by atoms with Crippen LogP contribution in [0.1, 0.15) is 34.6 Å². The Hall–Kier alpha value is -2.69. The second-order valence-electron chi connectivity index (χ2n) is 5.90. The van der Waals surface area contributed by atoms with Gasteiger partial charge in [0.2, 0.25) is 0 Å². The molecule has 5 nitrogen and oxygen atoms in total. The SMILES string of the molecule is COC(=O)C(C(C)C)N1C(=O)c2cccc3cccc(c23)C1=O. The summed E-state index contributed by atoms with van der Waals surface area (Å²) in [5.41, 5.74) is 0.875. The van der Waals surface area contributed by atoms with E-state index < -0.39 is 23.8 Å². The highest BCUT2D eigenvalue weighted by molar-refractivity contribution is 6.26. The van der Waals surface area contributed by atoms with Crippen LogP contribution >= 0.6 is 0 Å². The summed E-state index contributed by atoms with van der Waals surface area (Å²) in [6, 6.07) is 9.69. The van der Waals surface area contributed by atoms with E-state index in [2.05, 4.69) is 0 Å². The predicted octanol–water partition coefficient (Wildman–Crippen LogP) is 2.63. The number of ether oxygens (including phenoxy) is 1. The number of hydrogen-bond donors (Lipinski definition) is 0. The van der Waals surface area contributed by atoms with Crippen LogP contribution in [0.25, 0.3) is 10.8 Å². The van der Waals surface area contributed by atoms with Crippen molar-refractivity contribution >= 4 is 28.6 Å². The minimum Gasteiger partial charge on any atom is -0.467 e. The first-order valence-electron chi connectivity index (χ1n) is 7.44. The second-order valence-corrected chi connectivity index (χ2v) is 5.90. The Labute approximate surface area is 133 Å². The molecule has 1 aliphatic heterocycles. The van der Waals surface area contributed by atoms with Gasteiger partial charge in [-0.2, -0.15) is 0 Å². The molecule has 0 saturated carbocycles. The van der Waals surface area contributed by atoms with Crippen molar-refractivity contribution in [2.75, 3.05) is 7.11 Å². The third kappa shape index (κ3) is 2.20. The van der Waals surface area contributed by atoms with Gasteiger partial charge in [0.15, 0.2) is 0 Å². The first-order chi connectivity index (χ1) is 11.0. The Morgan fingerprint density at radius 3 is 1.96 bits per heavy atom. The van der Waals surface area contributed by atoms with Crippen LogP contribution in [0.15, 0.2) is 36.4 Å². The Morgan fingerprint density at radius 1 is 1.00 bits per heavy atom. The quantitative estimate of drug-likeness (QED) is 0.646. The highest BCUT2D eigenvalue weighted by Gasteiger charge is 2.42. The van der Waals surface area contributed by atoms with Gasteiger partial charge >= 0.3 is 5.97 Å². The third-order valence-electron chi connectivity index (χ3n) is 4.16. The van der Waals surface area contributed by atoms with Crippen LogP contribution in [0.3, 0.4) is 0 Å². The summed E-state index contributed by atoms with van der Waals surface area (Å²) in [4.78, 5) is 38.9. The number of nitrogens with zero attached hydrogens (tertiary/aromatic N) is 1. The number of carbonyl (C=O) groups is 3. The van der Waals surface area contributed by atoms with Gasteiger partial charge in [0.1, 0.15) is 6.04 Å². The minimum absolute atomic E-state index is 0.250. The number of methoxy groups -OCH3 is 1. The van der Waals surface area contributed by atoms with Crippen LogP contribution in [0, 0.1) is 5.92 Å². The van der Waals surface area contributed by atoms with Crippen LogP contribution in [0.4, 0.5) is 0 Å². The Kier molecular flexibility index (Phi) is 3.64. The largest absolute Gasteiger partial charge is 0.467 e. The predicted molar refractivity (Wildman–Crippen MR) is 85.1 cm³/mol. The van der Waals surface area contributed by atoms with E-state index in [4.69, 9.17) is 4.74 Å². The van der Waals surface area contributed by atoms with Crippen molar-refractivity contribution in [3.05, 3.63) is 47.5 Å². The molecule has 1 heterocycles. The Morgan fingerprint density at radius 2 is 1.52 bits per heavy atom. The third-order valence-corrected chi connectivity index (χ3v) is 4.16.